The van der Waals surface area contributed by atoms with Crippen LogP contribution in [0.3, 0.4) is 0 Å². The molecule has 0 aromatic carbocycles. The Balaban J connectivity index is 2.39. The highest BCUT2D eigenvalue weighted by molar-refractivity contribution is 5.79. The number of rotatable bonds is 6. The predicted molar refractivity (Wildman–Crippen MR) is 54.2 cm³/mol. The van der Waals surface area contributed by atoms with E-state index in [0.29, 0.717) is 26.3 Å². The molecular weight excluding hydrogens is 198 g/mol. The van der Waals surface area contributed by atoms with Crippen molar-refractivity contribution in [3.8, 4) is 0 Å². The number of β-amino-alcohol motifs (C(OH)–C–C–N with tert-alkyl or cyclic N) is 1. The van der Waals surface area contributed by atoms with Crippen molar-refractivity contribution >= 4 is 5.91 Å². The van der Waals surface area contributed by atoms with Gasteiger partial charge >= 0.3 is 0 Å². The fraction of sp³-hybridized carbons (Fsp3) is 0.900. The lowest BCUT2D eigenvalue weighted by atomic mass is 10.3. The molecule has 0 aromatic rings. The predicted octanol–water partition coefficient (Wildman–Crippen LogP) is -0.0213. The van der Waals surface area contributed by atoms with E-state index in [9.17, 15) is 9.90 Å². The van der Waals surface area contributed by atoms with Crippen LogP contribution in [0.5, 0.6) is 0 Å². The van der Waals surface area contributed by atoms with E-state index in [1.54, 1.807) is 4.90 Å². The van der Waals surface area contributed by atoms with Gasteiger partial charge in [0, 0.05) is 19.8 Å². The molecule has 1 heterocycles. The molecule has 0 aliphatic carbocycles. The van der Waals surface area contributed by atoms with Crippen molar-refractivity contribution in [2.24, 2.45) is 0 Å². The van der Waals surface area contributed by atoms with E-state index in [4.69, 9.17) is 9.47 Å². The number of ether oxygens (including phenoxy) is 2. The third-order valence-electron chi connectivity index (χ3n) is 2.27. The molecule has 1 unspecified atom stereocenters. The van der Waals surface area contributed by atoms with E-state index in [1.165, 1.54) is 0 Å². The molecule has 88 valence electrons. The standard InChI is InChI=1S/C10H19NO4/c1-3-14-10(15-4-2)7-11-6-8(12)5-9(11)13/h8,10,12H,3-7H2,1-2H3. The number of likely N-dealkylation sites (tertiary alicyclic amines) is 1. The Morgan fingerprint density at radius 2 is 2.07 bits per heavy atom. The van der Waals surface area contributed by atoms with E-state index in [-0.39, 0.29) is 18.6 Å². The lowest BCUT2D eigenvalue weighted by Crippen LogP contribution is -2.37. The zero-order chi connectivity index (χ0) is 11.3. The summed E-state index contributed by atoms with van der Waals surface area (Å²) in [5.74, 6) is -0.0353. The molecule has 5 heteroatoms. The van der Waals surface area contributed by atoms with Gasteiger partial charge in [-0.05, 0) is 13.8 Å². The maximum atomic E-state index is 11.4. The normalized spacial score (nSPS) is 21.7. The number of carbonyl (C=O) groups excluding carboxylic acids is 1. The first-order valence-corrected chi connectivity index (χ1v) is 5.36. The second kappa shape index (κ2) is 6.05. The molecule has 0 saturated carbocycles. The molecule has 0 spiro atoms. The molecule has 1 aliphatic heterocycles. The summed E-state index contributed by atoms with van der Waals surface area (Å²) in [6.07, 6.45) is -0.707. The van der Waals surface area contributed by atoms with Crippen molar-refractivity contribution in [2.45, 2.75) is 32.7 Å². The van der Waals surface area contributed by atoms with Gasteiger partial charge in [-0.15, -0.1) is 0 Å². The van der Waals surface area contributed by atoms with Crippen LogP contribution in [0.25, 0.3) is 0 Å². The second-order valence-electron chi connectivity index (χ2n) is 3.50. The van der Waals surface area contributed by atoms with E-state index >= 15 is 0 Å². The molecule has 1 atom stereocenters. The quantitative estimate of drug-likeness (QED) is 0.635. The summed E-state index contributed by atoms with van der Waals surface area (Å²) >= 11 is 0. The summed E-state index contributed by atoms with van der Waals surface area (Å²) in [5, 5.41) is 9.30. The first-order valence-electron chi connectivity index (χ1n) is 5.36. The monoisotopic (exact) mass is 217 g/mol. The lowest BCUT2D eigenvalue weighted by molar-refractivity contribution is -0.155. The van der Waals surface area contributed by atoms with Gasteiger partial charge in [-0.3, -0.25) is 4.79 Å². The van der Waals surface area contributed by atoms with Gasteiger partial charge in [0.15, 0.2) is 6.29 Å². The number of carbonyl (C=O) groups is 1. The number of aliphatic hydroxyl groups is 1. The molecule has 0 aromatic heterocycles. The van der Waals surface area contributed by atoms with Crippen molar-refractivity contribution in [3.05, 3.63) is 0 Å². The van der Waals surface area contributed by atoms with Crippen LogP contribution in [0, 0.1) is 0 Å². The first-order chi connectivity index (χ1) is 7.17. The van der Waals surface area contributed by atoms with Gasteiger partial charge in [0.05, 0.1) is 19.1 Å². The van der Waals surface area contributed by atoms with Gasteiger partial charge in [0.1, 0.15) is 0 Å². The Kier molecular flexibility index (Phi) is 5.01. The van der Waals surface area contributed by atoms with Gasteiger partial charge in [-0.25, -0.2) is 0 Å². The highest BCUT2D eigenvalue weighted by atomic mass is 16.7. The van der Waals surface area contributed by atoms with Crippen LogP contribution in [0.15, 0.2) is 0 Å². The molecule has 1 rings (SSSR count). The number of hydrogen-bond acceptors (Lipinski definition) is 4. The zero-order valence-corrected chi connectivity index (χ0v) is 9.31. The third kappa shape index (κ3) is 3.77. The molecule has 1 fully saturated rings. The molecule has 5 nitrogen and oxygen atoms in total. The molecule has 15 heavy (non-hydrogen) atoms. The molecule has 0 bridgehead atoms. The fourth-order valence-corrected chi connectivity index (χ4v) is 1.63. The van der Waals surface area contributed by atoms with Crippen LogP contribution in [-0.4, -0.2) is 54.6 Å². The maximum absolute atomic E-state index is 11.4. The van der Waals surface area contributed by atoms with Crippen LogP contribution in [0.1, 0.15) is 20.3 Å². The van der Waals surface area contributed by atoms with Crippen molar-refractivity contribution in [1.29, 1.82) is 0 Å². The second-order valence-corrected chi connectivity index (χ2v) is 3.50. The van der Waals surface area contributed by atoms with Crippen LogP contribution in [-0.2, 0) is 14.3 Å². The minimum atomic E-state index is -0.540. The Morgan fingerprint density at radius 3 is 2.47 bits per heavy atom. The molecule has 1 amide bonds. The van der Waals surface area contributed by atoms with E-state index in [0.717, 1.165) is 0 Å². The average molecular weight is 217 g/mol. The van der Waals surface area contributed by atoms with Gasteiger partial charge in [-0.1, -0.05) is 0 Å². The topological polar surface area (TPSA) is 59.0 Å². The average Bonchev–Trinajstić information content (AvgIpc) is 2.46. The summed E-state index contributed by atoms with van der Waals surface area (Å²) in [7, 11) is 0. The number of hydrogen-bond donors (Lipinski definition) is 1. The smallest absolute Gasteiger partial charge is 0.225 e. The Morgan fingerprint density at radius 1 is 1.47 bits per heavy atom. The van der Waals surface area contributed by atoms with Crippen LogP contribution in [0.2, 0.25) is 0 Å². The van der Waals surface area contributed by atoms with Crippen LogP contribution >= 0.6 is 0 Å². The number of amides is 1. The minimum Gasteiger partial charge on any atom is -0.391 e. The summed E-state index contributed by atoms with van der Waals surface area (Å²) in [4.78, 5) is 13.0. The number of aliphatic hydroxyl groups excluding tert-OH is 1. The van der Waals surface area contributed by atoms with Crippen LogP contribution < -0.4 is 0 Å². The lowest BCUT2D eigenvalue weighted by Gasteiger charge is -2.23. The van der Waals surface area contributed by atoms with Crippen molar-refractivity contribution < 1.29 is 19.4 Å². The van der Waals surface area contributed by atoms with Gasteiger partial charge in [0.25, 0.3) is 0 Å². The van der Waals surface area contributed by atoms with Crippen molar-refractivity contribution in [1.82, 2.24) is 4.90 Å². The summed E-state index contributed by atoms with van der Waals surface area (Å²) in [6, 6.07) is 0. The maximum Gasteiger partial charge on any atom is 0.225 e. The van der Waals surface area contributed by atoms with E-state index in [1.807, 2.05) is 13.8 Å². The van der Waals surface area contributed by atoms with Crippen molar-refractivity contribution in [2.75, 3.05) is 26.3 Å². The highest BCUT2D eigenvalue weighted by Crippen LogP contribution is 2.12. The molecule has 1 N–H and O–H groups in total. The SMILES string of the molecule is CCOC(CN1CC(O)CC1=O)OCC. The zero-order valence-electron chi connectivity index (χ0n) is 9.31. The van der Waals surface area contributed by atoms with Gasteiger partial charge < -0.3 is 19.5 Å². The van der Waals surface area contributed by atoms with Crippen molar-refractivity contribution in [3.63, 3.8) is 0 Å². The Hall–Kier alpha value is -0.650. The molecule has 1 aliphatic rings. The summed E-state index contributed by atoms with van der Waals surface area (Å²) < 4.78 is 10.7. The molecular formula is C10H19NO4. The Labute approximate surface area is 90.0 Å². The highest BCUT2D eigenvalue weighted by Gasteiger charge is 2.29. The van der Waals surface area contributed by atoms with Crippen LogP contribution in [0.4, 0.5) is 0 Å². The fourth-order valence-electron chi connectivity index (χ4n) is 1.63. The minimum absolute atomic E-state index is 0.0353. The first kappa shape index (κ1) is 12.4. The largest absolute Gasteiger partial charge is 0.391 e. The molecule has 0 radical (unpaired) electrons. The number of nitrogens with zero attached hydrogens (tertiary/aromatic N) is 1. The summed E-state index contributed by atoms with van der Waals surface area (Å²) in [5.41, 5.74) is 0. The van der Waals surface area contributed by atoms with E-state index in [2.05, 4.69) is 0 Å². The summed E-state index contributed by atoms with van der Waals surface area (Å²) in [6.45, 7) is 5.65. The van der Waals surface area contributed by atoms with E-state index < -0.39 is 6.10 Å². The van der Waals surface area contributed by atoms with Gasteiger partial charge in [-0.2, -0.15) is 0 Å². The van der Waals surface area contributed by atoms with Gasteiger partial charge in [0.2, 0.25) is 5.91 Å². The Bertz CT molecular complexity index is 204. The third-order valence-corrected chi connectivity index (χ3v) is 2.27. The molecule has 1 saturated heterocycles.